The quantitative estimate of drug-likeness (QED) is 0.629. The summed E-state index contributed by atoms with van der Waals surface area (Å²) in [6, 6.07) is 3.68. The number of hydrogen-bond donors (Lipinski definition) is 1. The van der Waals surface area contributed by atoms with Gasteiger partial charge in [-0.1, -0.05) is 25.5 Å². The largest absolute Gasteiger partial charge is 0.482 e. The van der Waals surface area contributed by atoms with Crippen molar-refractivity contribution in [2.75, 3.05) is 0 Å². The second-order valence-electron chi connectivity index (χ2n) is 1.52. The highest BCUT2D eigenvalue weighted by Gasteiger charge is 1.99. The molecule has 1 aromatic heterocycles. The zero-order valence-corrected chi connectivity index (χ0v) is 6.51. The van der Waals surface area contributed by atoms with E-state index in [1.54, 1.807) is 11.7 Å². The van der Waals surface area contributed by atoms with Gasteiger partial charge in [-0.2, -0.15) is 0 Å². The minimum Gasteiger partial charge on any atom is -0.482 e. The van der Waals surface area contributed by atoms with Crippen molar-refractivity contribution in [3.05, 3.63) is 23.6 Å². The van der Waals surface area contributed by atoms with E-state index < -0.39 is 13.6 Å². The molecule has 0 radical (unpaired) electrons. The number of carbonyl (C=O) groups is 1. The van der Waals surface area contributed by atoms with E-state index in [2.05, 4.69) is 0 Å². The van der Waals surface area contributed by atoms with Crippen LogP contribution in [0.1, 0.15) is 0 Å². The van der Waals surface area contributed by atoms with Crippen molar-refractivity contribution in [3.8, 4) is 0 Å². The summed E-state index contributed by atoms with van der Waals surface area (Å²) in [5.41, 5.74) is 1.14. The molecule has 0 bridgehead atoms. The second-order valence-corrected chi connectivity index (χ2v) is 5.83. The molecule has 0 atom stereocenters. The Morgan fingerprint density at radius 1 is 1.56 bits per heavy atom. The molecule has 1 aromatic rings. The summed E-state index contributed by atoms with van der Waals surface area (Å²) in [6.07, 6.45) is 0. The van der Waals surface area contributed by atoms with Gasteiger partial charge in [-0.3, -0.25) is 4.79 Å². The molecule has 1 heterocycles. The Bertz CT molecular complexity index is 211. The van der Waals surface area contributed by atoms with Crippen molar-refractivity contribution in [2.24, 2.45) is 0 Å². The molecule has 0 saturated carbocycles. The van der Waals surface area contributed by atoms with Crippen LogP contribution in [-0.4, -0.2) is 18.8 Å². The van der Waals surface area contributed by atoms with Crippen molar-refractivity contribution in [2.45, 2.75) is 0 Å². The fourth-order valence-electron chi connectivity index (χ4n) is 0.489. The van der Waals surface area contributed by atoms with Gasteiger partial charge in [0.25, 0.3) is 5.59 Å². The lowest BCUT2D eigenvalue weighted by Gasteiger charge is -1.85. The highest BCUT2D eigenvalue weighted by Crippen LogP contribution is 2.00. The van der Waals surface area contributed by atoms with Crippen molar-refractivity contribution < 1.29 is 9.90 Å². The zero-order chi connectivity index (χ0) is 6.69. The van der Waals surface area contributed by atoms with E-state index in [9.17, 15) is 4.79 Å². The minimum atomic E-state index is -1.24. The summed E-state index contributed by atoms with van der Waals surface area (Å²) in [5.74, 6) is 1.88. The molecule has 0 amide bonds. The van der Waals surface area contributed by atoms with E-state index in [4.69, 9.17) is 5.11 Å². The van der Waals surface area contributed by atoms with Crippen LogP contribution in [0.25, 0.3) is 0 Å². The molecule has 0 fully saturated rings. The lowest BCUT2D eigenvalue weighted by Crippen LogP contribution is -2.04. The van der Waals surface area contributed by atoms with Crippen LogP contribution in [0.2, 0.25) is 0 Å². The topological polar surface area (TPSA) is 37.3 Å². The highest BCUT2D eigenvalue weighted by atomic mass is 31.2. The van der Waals surface area contributed by atoms with Crippen molar-refractivity contribution in [3.63, 3.8) is 0 Å². The van der Waals surface area contributed by atoms with Crippen molar-refractivity contribution in [1.29, 1.82) is 0 Å². The molecule has 9 heavy (non-hydrogen) atoms. The Labute approximate surface area is 55.6 Å². The van der Waals surface area contributed by atoms with Gasteiger partial charge < -0.3 is 5.11 Å². The molecule has 1 N–H and O–H groups in total. The van der Waals surface area contributed by atoms with E-state index >= 15 is 0 Å². The summed E-state index contributed by atoms with van der Waals surface area (Å²) in [6.45, 7) is 0. The van der Waals surface area contributed by atoms with Gasteiger partial charge in [-0.15, -0.1) is 0 Å². The minimum absolute atomic E-state index is 0.651. The van der Waals surface area contributed by atoms with Gasteiger partial charge in [0.1, 0.15) is 0 Å². The van der Waals surface area contributed by atoms with E-state index in [1.807, 2.05) is 11.9 Å². The Kier molecular flexibility index (Phi) is 2.09. The average Bonchev–Trinajstić information content (AvgIpc) is 1.90. The van der Waals surface area contributed by atoms with Gasteiger partial charge in [0.2, 0.25) is 8.05 Å². The third-order valence-corrected chi connectivity index (χ3v) is 4.73. The lowest BCUT2D eigenvalue weighted by atomic mass is 10.7. The van der Waals surface area contributed by atoms with E-state index in [-0.39, 0.29) is 0 Å². The van der Waals surface area contributed by atoms with Gasteiger partial charge in [0.05, 0.1) is 0 Å². The number of carboxylic acid groups (broad SMARTS) is 1. The van der Waals surface area contributed by atoms with Crippen LogP contribution in [0.15, 0.2) is 23.6 Å². The predicted octanol–water partition coefficient (Wildman–Crippen LogP) is 1.82. The zero-order valence-electron chi connectivity index (χ0n) is 4.61. The van der Waals surface area contributed by atoms with E-state index in [0.29, 0.717) is 0 Å². The first kappa shape index (κ1) is 6.58. The maximum absolute atomic E-state index is 10.3. The first-order valence-corrected chi connectivity index (χ1v) is 5.83. The second kappa shape index (κ2) is 2.85. The first-order valence-electron chi connectivity index (χ1n) is 2.45. The van der Waals surface area contributed by atoms with Crippen molar-refractivity contribution >= 4 is 21.4 Å². The summed E-state index contributed by atoms with van der Waals surface area (Å²) in [7, 11) is -0.286. The molecular weight excluding hydrogens is 151 g/mol. The summed E-state index contributed by atoms with van der Waals surface area (Å²) >= 11 is 0. The van der Waals surface area contributed by atoms with Gasteiger partial charge in [-0.05, 0) is 5.80 Å². The van der Waals surface area contributed by atoms with Crippen LogP contribution in [0.3, 0.4) is 0 Å². The SMILES string of the molecule is O=C(O)[si]1ccccp1. The summed E-state index contributed by atoms with van der Waals surface area (Å²) < 4.78 is 0. The molecule has 4 heteroatoms. The Balaban J connectivity index is 2.98. The van der Waals surface area contributed by atoms with Crippen LogP contribution in [-0.2, 0) is 0 Å². The van der Waals surface area contributed by atoms with E-state index in [0.717, 1.165) is 7.73 Å². The Morgan fingerprint density at radius 2 is 2.33 bits per heavy atom. The van der Waals surface area contributed by atoms with Crippen LogP contribution in [0.4, 0.5) is 4.79 Å². The molecule has 0 aliphatic rings. The predicted molar refractivity (Wildman–Crippen MR) is 38.3 cm³/mol. The van der Waals surface area contributed by atoms with Crippen LogP contribution in [0.5, 0.6) is 0 Å². The Hall–Kier alpha value is -0.533. The van der Waals surface area contributed by atoms with Gasteiger partial charge >= 0.3 is 0 Å². The van der Waals surface area contributed by atoms with Crippen molar-refractivity contribution in [1.82, 2.24) is 0 Å². The van der Waals surface area contributed by atoms with E-state index in [1.165, 1.54) is 0 Å². The van der Waals surface area contributed by atoms with Gasteiger partial charge in [0.15, 0.2) is 0 Å². The third-order valence-electron chi connectivity index (χ3n) is 0.884. The van der Waals surface area contributed by atoms with Crippen LogP contribution >= 0.6 is 7.73 Å². The Morgan fingerprint density at radius 3 is 2.67 bits per heavy atom. The standard InChI is InChI=1S/C5H5O2PSi/c6-5(7)9-4-2-1-3-8-9/h1-4H,(H,6,7). The average molecular weight is 156 g/mol. The monoisotopic (exact) mass is 156 g/mol. The molecule has 46 valence electrons. The first-order chi connectivity index (χ1) is 4.30. The highest BCUT2D eigenvalue weighted by molar-refractivity contribution is 7.61. The molecular formula is C5H5O2PSi. The molecule has 0 spiro atoms. The number of hydrogen-bond acceptors (Lipinski definition) is 1. The third kappa shape index (κ3) is 1.70. The maximum atomic E-state index is 10.3. The normalized spacial score (nSPS) is 9.78. The lowest BCUT2D eigenvalue weighted by molar-refractivity contribution is 0.220. The van der Waals surface area contributed by atoms with Crippen LogP contribution < -0.4 is 0 Å². The maximum Gasteiger partial charge on any atom is 0.300 e. The fraction of sp³-hybridized carbons (Fsp3) is 0. The van der Waals surface area contributed by atoms with Crippen LogP contribution in [0, 0.1) is 0 Å². The molecule has 0 aliphatic carbocycles. The summed E-state index contributed by atoms with van der Waals surface area (Å²) in [4.78, 5) is 10.3. The molecule has 0 saturated heterocycles. The number of rotatable bonds is 1. The van der Waals surface area contributed by atoms with Gasteiger partial charge in [-0.25, -0.2) is 0 Å². The fourth-order valence-corrected chi connectivity index (χ4v) is 3.06. The van der Waals surface area contributed by atoms with Gasteiger partial charge in [0, 0.05) is 0 Å². The molecule has 0 aromatic carbocycles. The molecule has 0 aliphatic heterocycles. The molecule has 1 rings (SSSR count). The molecule has 0 unspecified atom stereocenters. The molecule has 2 nitrogen and oxygen atoms in total. The smallest absolute Gasteiger partial charge is 0.300 e. The summed E-state index contributed by atoms with van der Waals surface area (Å²) in [5, 5.41) is 8.49.